The second kappa shape index (κ2) is 17.0. The summed E-state index contributed by atoms with van der Waals surface area (Å²) in [5.41, 5.74) is 1.67. The number of rotatable bonds is 7. The zero-order chi connectivity index (χ0) is 22.2. The third-order valence-electron chi connectivity index (χ3n) is 4.76. The summed E-state index contributed by atoms with van der Waals surface area (Å²) >= 11 is 6.48. The van der Waals surface area contributed by atoms with E-state index in [2.05, 4.69) is 18.1 Å². The molecule has 0 aromatic carbocycles. The lowest BCUT2D eigenvalue weighted by molar-refractivity contribution is -0.176. The minimum atomic E-state index is -0.815. The number of esters is 1. The molecule has 170 valence electrons. The average molecular weight is 452 g/mol. The number of thiocarbonyl (C=S) groups is 1. The summed E-state index contributed by atoms with van der Waals surface area (Å²) < 4.78 is 10.4. The van der Waals surface area contributed by atoms with Gasteiger partial charge in [0.05, 0.1) is 42.9 Å². The number of carbonyl (C=O) groups excluding carboxylic acids is 1. The Morgan fingerprint density at radius 2 is 1.97 bits per heavy atom. The molecule has 0 radical (unpaired) electrons. The zero-order valence-corrected chi connectivity index (χ0v) is 19.2. The summed E-state index contributed by atoms with van der Waals surface area (Å²) in [5.74, 6) is 0.921. The smallest absolute Gasteiger partial charge is 0.309 e. The molecule has 0 aliphatic carbocycles. The standard InChI is InChI=1S/C9H15NO2S.C9H18O4S.C2H4/c1-2-12-9(11)8-3-5-10(7-13)6-4-8;1-14-3-2-8-9(12)7(11)4-6(5-10)13-8;1-2/h7-8H,2-6H2,1H3;6-12H,2-5H2,1H3;1-2H2/t;6?,7-,8-,9-;/m.0./s1. The summed E-state index contributed by atoms with van der Waals surface area (Å²) in [6, 6.07) is 0. The largest absolute Gasteiger partial charge is 0.466 e. The van der Waals surface area contributed by atoms with Crippen molar-refractivity contribution >= 4 is 35.4 Å². The van der Waals surface area contributed by atoms with Crippen LogP contribution in [0, 0.1) is 5.92 Å². The minimum absolute atomic E-state index is 0.0495. The van der Waals surface area contributed by atoms with Gasteiger partial charge in [-0.25, -0.2) is 0 Å². The molecular formula is C20H37NO6S2. The van der Waals surface area contributed by atoms with Crippen LogP contribution < -0.4 is 0 Å². The lowest BCUT2D eigenvalue weighted by atomic mass is 9.97. The van der Waals surface area contributed by atoms with Crippen molar-refractivity contribution in [1.82, 2.24) is 4.90 Å². The number of carbonyl (C=O) groups is 1. The van der Waals surface area contributed by atoms with E-state index in [1.807, 2.05) is 13.2 Å². The molecule has 2 rings (SSSR count). The zero-order valence-electron chi connectivity index (χ0n) is 17.6. The topological polar surface area (TPSA) is 99.5 Å². The third-order valence-corrected chi connectivity index (χ3v) is 5.70. The maximum atomic E-state index is 11.3. The van der Waals surface area contributed by atoms with E-state index in [4.69, 9.17) is 26.8 Å². The van der Waals surface area contributed by atoms with Crippen LogP contribution in [0.4, 0.5) is 0 Å². The van der Waals surface area contributed by atoms with Gasteiger partial charge in [-0.15, -0.1) is 13.2 Å². The molecule has 2 aliphatic heterocycles. The van der Waals surface area contributed by atoms with Crippen LogP contribution in [0.15, 0.2) is 13.2 Å². The molecule has 2 saturated heterocycles. The Hall–Kier alpha value is -0.710. The number of piperidine rings is 1. The molecule has 2 fully saturated rings. The SMILES string of the molecule is C=C.CCOC(=O)C1CCN(C=S)CC1.CSCC[C@@H]1OC(CO)C[C@H](O)[C@@H]1O. The van der Waals surface area contributed by atoms with Crippen LogP contribution in [0.2, 0.25) is 0 Å². The molecule has 0 amide bonds. The van der Waals surface area contributed by atoms with Gasteiger partial charge < -0.3 is 29.7 Å². The lowest BCUT2D eigenvalue weighted by Gasteiger charge is -2.36. The average Bonchev–Trinajstić information content (AvgIpc) is 2.76. The van der Waals surface area contributed by atoms with Gasteiger partial charge in [-0.2, -0.15) is 11.8 Å². The van der Waals surface area contributed by atoms with E-state index in [1.54, 1.807) is 17.3 Å². The molecule has 0 bridgehead atoms. The molecule has 7 nitrogen and oxygen atoms in total. The summed E-state index contributed by atoms with van der Waals surface area (Å²) in [5, 5.41) is 28.0. The fourth-order valence-electron chi connectivity index (χ4n) is 3.13. The van der Waals surface area contributed by atoms with Crippen LogP contribution >= 0.6 is 24.0 Å². The number of likely N-dealkylation sites (tertiary alicyclic amines) is 1. The van der Waals surface area contributed by atoms with Crippen LogP contribution in [0.5, 0.6) is 0 Å². The molecule has 4 atom stereocenters. The van der Waals surface area contributed by atoms with Crippen molar-refractivity contribution < 1.29 is 29.6 Å². The van der Waals surface area contributed by atoms with Crippen LogP contribution in [0.25, 0.3) is 0 Å². The molecule has 0 spiro atoms. The molecule has 2 heterocycles. The van der Waals surface area contributed by atoms with E-state index < -0.39 is 12.2 Å². The van der Waals surface area contributed by atoms with Gasteiger partial charge in [0.2, 0.25) is 0 Å². The Bertz CT molecular complexity index is 449. The van der Waals surface area contributed by atoms with Gasteiger partial charge in [0, 0.05) is 19.5 Å². The van der Waals surface area contributed by atoms with Crippen molar-refractivity contribution in [3.8, 4) is 0 Å². The first-order valence-corrected chi connectivity index (χ1v) is 11.8. The van der Waals surface area contributed by atoms with Crippen molar-refractivity contribution in [1.29, 1.82) is 0 Å². The number of nitrogens with zero attached hydrogens (tertiary/aromatic N) is 1. The van der Waals surface area contributed by atoms with Gasteiger partial charge in [-0.3, -0.25) is 4.79 Å². The second-order valence-electron chi connectivity index (χ2n) is 6.72. The van der Waals surface area contributed by atoms with Crippen LogP contribution in [0.3, 0.4) is 0 Å². The molecule has 2 aliphatic rings. The highest BCUT2D eigenvalue weighted by molar-refractivity contribution is 7.98. The predicted molar refractivity (Wildman–Crippen MR) is 121 cm³/mol. The number of ether oxygens (including phenoxy) is 2. The monoisotopic (exact) mass is 451 g/mol. The van der Waals surface area contributed by atoms with Gasteiger partial charge in [0.15, 0.2) is 0 Å². The minimum Gasteiger partial charge on any atom is -0.466 e. The third kappa shape index (κ3) is 10.8. The van der Waals surface area contributed by atoms with E-state index in [0.29, 0.717) is 19.4 Å². The first-order chi connectivity index (χ1) is 14.0. The Labute approximate surface area is 184 Å². The molecule has 0 saturated carbocycles. The molecular weight excluding hydrogens is 414 g/mol. The van der Waals surface area contributed by atoms with E-state index >= 15 is 0 Å². The van der Waals surface area contributed by atoms with Gasteiger partial charge in [-0.05, 0) is 38.2 Å². The van der Waals surface area contributed by atoms with Gasteiger partial charge in [-0.1, -0.05) is 12.2 Å². The van der Waals surface area contributed by atoms with E-state index in [1.165, 1.54) is 0 Å². The summed E-state index contributed by atoms with van der Waals surface area (Å²) in [6.07, 6.45) is 2.47. The van der Waals surface area contributed by atoms with Gasteiger partial charge >= 0.3 is 5.97 Å². The summed E-state index contributed by atoms with van der Waals surface area (Å²) in [6.45, 7) is 9.98. The molecule has 3 N–H and O–H groups in total. The number of aliphatic hydroxyl groups is 3. The van der Waals surface area contributed by atoms with Crippen LogP contribution in [-0.4, -0.2) is 94.4 Å². The Kier molecular flexibility index (Phi) is 16.6. The number of thioether (sulfide) groups is 1. The van der Waals surface area contributed by atoms with Crippen LogP contribution in [-0.2, 0) is 14.3 Å². The first-order valence-electron chi connectivity index (χ1n) is 9.94. The highest BCUT2D eigenvalue weighted by atomic mass is 32.2. The van der Waals surface area contributed by atoms with Crippen molar-refractivity contribution in [2.24, 2.45) is 5.92 Å². The number of hydrogen-bond donors (Lipinski definition) is 3. The van der Waals surface area contributed by atoms with Crippen molar-refractivity contribution in [2.45, 2.75) is 57.0 Å². The van der Waals surface area contributed by atoms with Crippen LogP contribution in [0.1, 0.15) is 32.6 Å². The Balaban J connectivity index is 0.000000499. The molecule has 9 heteroatoms. The van der Waals surface area contributed by atoms with Gasteiger partial charge in [0.1, 0.15) is 6.10 Å². The number of aliphatic hydroxyl groups excluding tert-OH is 3. The predicted octanol–water partition coefficient (Wildman–Crippen LogP) is 1.63. The highest BCUT2D eigenvalue weighted by Gasteiger charge is 2.35. The van der Waals surface area contributed by atoms with Crippen molar-refractivity contribution in [3.05, 3.63) is 13.2 Å². The molecule has 29 heavy (non-hydrogen) atoms. The lowest BCUT2D eigenvalue weighted by Crippen LogP contribution is -2.49. The molecule has 0 aromatic rings. The fraction of sp³-hybridized carbons (Fsp3) is 0.800. The van der Waals surface area contributed by atoms with Crippen molar-refractivity contribution in [2.75, 3.05) is 38.3 Å². The summed E-state index contributed by atoms with van der Waals surface area (Å²) in [7, 11) is 0. The fourth-order valence-corrected chi connectivity index (χ4v) is 3.81. The maximum Gasteiger partial charge on any atom is 0.309 e. The number of hydrogen-bond acceptors (Lipinski definition) is 8. The Morgan fingerprint density at radius 3 is 2.45 bits per heavy atom. The second-order valence-corrected chi connectivity index (χ2v) is 7.92. The maximum absolute atomic E-state index is 11.3. The van der Waals surface area contributed by atoms with E-state index in [-0.39, 0.29) is 30.7 Å². The summed E-state index contributed by atoms with van der Waals surface area (Å²) in [4.78, 5) is 13.4. The first kappa shape index (κ1) is 28.3. The quantitative estimate of drug-likeness (QED) is 0.303. The molecule has 1 unspecified atom stereocenters. The Morgan fingerprint density at radius 1 is 1.34 bits per heavy atom. The highest BCUT2D eigenvalue weighted by Crippen LogP contribution is 2.23. The molecule has 0 aromatic heterocycles. The normalized spacial score (nSPS) is 27.0. The van der Waals surface area contributed by atoms with E-state index in [0.717, 1.165) is 31.7 Å². The van der Waals surface area contributed by atoms with Gasteiger partial charge in [0.25, 0.3) is 0 Å². The van der Waals surface area contributed by atoms with Crippen molar-refractivity contribution in [3.63, 3.8) is 0 Å². The van der Waals surface area contributed by atoms with E-state index in [9.17, 15) is 15.0 Å².